The second-order valence-corrected chi connectivity index (χ2v) is 12.1. The average molecular weight is 647 g/mol. The third-order valence-corrected chi connectivity index (χ3v) is 8.60. The number of halogens is 1. The van der Waals surface area contributed by atoms with Gasteiger partial charge in [-0.3, -0.25) is 24.0 Å². The molecule has 5 heterocycles. The van der Waals surface area contributed by atoms with Crippen molar-refractivity contribution in [1.29, 1.82) is 0 Å². The summed E-state index contributed by atoms with van der Waals surface area (Å²) >= 11 is 3.21. The number of aromatic carboxylic acids is 1. The number of Topliss-reactive ketones (excluding diaryl/α,β-unsaturated/α-hetero) is 1. The molecule has 13 nitrogen and oxygen atoms in total. The third-order valence-electron chi connectivity index (χ3n) is 8.16. The number of rotatable bonds is 7. The predicted molar refractivity (Wildman–Crippen MR) is 157 cm³/mol. The van der Waals surface area contributed by atoms with Gasteiger partial charge in [0, 0.05) is 36.3 Å². The number of pyridine rings is 2. The first-order valence-corrected chi connectivity index (χ1v) is 14.4. The van der Waals surface area contributed by atoms with E-state index in [1.54, 1.807) is 37.2 Å². The van der Waals surface area contributed by atoms with Gasteiger partial charge in [0.2, 0.25) is 11.8 Å². The number of carboxylic acids is 1. The van der Waals surface area contributed by atoms with Gasteiger partial charge in [0.15, 0.2) is 5.78 Å². The average Bonchev–Trinajstić information content (AvgIpc) is 3.29. The maximum atomic E-state index is 13.9. The number of piperidine rings is 1. The zero-order valence-electron chi connectivity index (χ0n) is 23.8. The van der Waals surface area contributed by atoms with Gasteiger partial charge in [-0.2, -0.15) is 5.10 Å². The molecule has 1 aliphatic carbocycles. The van der Waals surface area contributed by atoms with Gasteiger partial charge in [-0.1, -0.05) is 6.92 Å². The molecular weight excluding hydrogens is 620 g/mol. The number of aryl methyl sites for hydroxylation is 2. The van der Waals surface area contributed by atoms with Gasteiger partial charge < -0.3 is 15.3 Å². The first kappa shape index (κ1) is 28.5. The van der Waals surface area contributed by atoms with Gasteiger partial charge in [0.1, 0.15) is 40.1 Å². The lowest BCUT2D eigenvalue weighted by atomic mass is 10.0. The summed E-state index contributed by atoms with van der Waals surface area (Å²) in [5.74, 6) is -1.86. The molecule has 0 aromatic carbocycles. The number of amides is 2. The highest BCUT2D eigenvalue weighted by Gasteiger charge is 2.64. The summed E-state index contributed by atoms with van der Waals surface area (Å²) in [6, 6.07) is 3.58. The van der Waals surface area contributed by atoms with Gasteiger partial charge >= 0.3 is 5.97 Å². The Morgan fingerprint density at radius 2 is 1.84 bits per heavy atom. The predicted octanol–water partition coefficient (Wildman–Crippen LogP) is 3.58. The van der Waals surface area contributed by atoms with Gasteiger partial charge in [0.25, 0.3) is 0 Å². The first-order valence-electron chi connectivity index (χ1n) is 13.6. The maximum Gasteiger partial charge on any atom is 0.339 e. The number of hydrogen-bond acceptors (Lipinski definition) is 9. The first-order chi connectivity index (χ1) is 20.4. The summed E-state index contributed by atoms with van der Waals surface area (Å²) in [6.45, 7) is 6.78. The van der Waals surface area contributed by atoms with Crippen molar-refractivity contribution >= 4 is 56.2 Å². The molecule has 3 atom stereocenters. The number of likely N-dealkylation sites (tertiary alicyclic amines) is 1. The molecule has 1 aliphatic heterocycles. The number of anilines is 1. The summed E-state index contributed by atoms with van der Waals surface area (Å²) in [5, 5.41) is 17.2. The van der Waals surface area contributed by atoms with Crippen LogP contribution in [0.5, 0.6) is 0 Å². The van der Waals surface area contributed by atoms with Crippen LogP contribution in [0.25, 0.3) is 22.2 Å². The van der Waals surface area contributed by atoms with Gasteiger partial charge in [0.05, 0.1) is 16.9 Å². The number of carbonyl (C=O) groups is 4. The lowest BCUT2D eigenvalue weighted by Crippen LogP contribution is -2.47. The molecule has 4 aromatic heterocycles. The highest BCUT2D eigenvalue weighted by molar-refractivity contribution is 9.10. The molecule has 43 heavy (non-hydrogen) atoms. The standard InChI is InChI=1S/C29H27BrN8O5/c1-13-25-18(7-19(33-13)16-10-31-15(3)32-11-16)24(14(2)39)36-37(25)12-23(40)38-20(8-29(4)9-21(29)38)27(41)35-26-17(28(42)43)5-6-22(30)34-26/h5-7,10-11,20-21H,8-9,12H2,1-4H3,(H,42,43)(H,34,35,41)/t20-,21+,29-/m0/s1. The fourth-order valence-corrected chi connectivity index (χ4v) is 6.23. The van der Waals surface area contributed by atoms with E-state index in [9.17, 15) is 24.3 Å². The molecular formula is C29H27BrN8O5. The fourth-order valence-electron chi connectivity index (χ4n) is 5.92. The highest BCUT2D eigenvalue weighted by atomic mass is 79.9. The molecule has 14 heteroatoms. The number of carboxylic acid groups (broad SMARTS) is 1. The zero-order valence-corrected chi connectivity index (χ0v) is 25.3. The molecule has 0 radical (unpaired) electrons. The quantitative estimate of drug-likeness (QED) is 0.223. The van der Waals surface area contributed by atoms with Crippen LogP contribution in [0.2, 0.25) is 0 Å². The van der Waals surface area contributed by atoms with E-state index in [0.29, 0.717) is 44.7 Å². The van der Waals surface area contributed by atoms with Crippen LogP contribution in [-0.4, -0.2) is 75.4 Å². The molecule has 1 saturated carbocycles. The lowest BCUT2D eigenvalue weighted by molar-refractivity contribution is -0.138. The normalized spacial score (nSPS) is 20.6. The summed E-state index contributed by atoms with van der Waals surface area (Å²) in [5.41, 5.74) is 2.18. The minimum Gasteiger partial charge on any atom is -0.478 e. The number of fused-ring (bicyclic) bond motifs is 2. The van der Waals surface area contributed by atoms with Crippen LogP contribution in [0.1, 0.15) is 59.1 Å². The van der Waals surface area contributed by atoms with Crippen LogP contribution in [0.15, 0.2) is 35.2 Å². The monoisotopic (exact) mass is 646 g/mol. The summed E-state index contributed by atoms with van der Waals surface area (Å²) in [7, 11) is 0. The van der Waals surface area contributed by atoms with E-state index in [-0.39, 0.29) is 46.8 Å². The third kappa shape index (κ3) is 5.05. The van der Waals surface area contributed by atoms with E-state index in [2.05, 4.69) is 41.3 Å². The molecule has 2 N–H and O–H groups in total. The Balaban J connectivity index is 1.32. The van der Waals surface area contributed by atoms with Crippen molar-refractivity contribution in [3.8, 4) is 11.3 Å². The Kier molecular flexibility index (Phi) is 6.83. The topological polar surface area (TPSA) is 173 Å². The Morgan fingerprint density at radius 1 is 1.12 bits per heavy atom. The fraction of sp³-hybridized carbons (Fsp3) is 0.345. The highest BCUT2D eigenvalue weighted by Crippen LogP contribution is 2.59. The molecule has 0 bridgehead atoms. The van der Waals surface area contributed by atoms with Crippen LogP contribution in [0.4, 0.5) is 5.82 Å². The largest absolute Gasteiger partial charge is 0.478 e. The molecule has 2 amide bonds. The molecule has 220 valence electrons. The van der Waals surface area contributed by atoms with Crippen LogP contribution in [0, 0.1) is 19.3 Å². The molecule has 1 saturated heterocycles. The number of hydrogen-bond donors (Lipinski definition) is 2. The van der Waals surface area contributed by atoms with Crippen molar-refractivity contribution in [3.63, 3.8) is 0 Å². The molecule has 2 aliphatic rings. The second-order valence-electron chi connectivity index (χ2n) is 11.3. The van der Waals surface area contributed by atoms with Crippen LogP contribution >= 0.6 is 15.9 Å². The van der Waals surface area contributed by atoms with Crippen molar-refractivity contribution in [1.82, 2.24) is 34.6 Å². The van der Waals surface area contributed by atoms with Crippen molar-refractivity contribution in [2.75, 3.05) is 5.32 Å². The van der Waals surface area contributed by atoms with Gasteiger partial charge in [-0.25, -0.2) is 19.7 Å². The van der Waals surface area contributed by atoms with Crippen molar-refractivity contribution in [2.45, 2.75) is 59.2 Å². The zero-order chi connectivity index (χ0) is 30.8. The molecule has 4 aromatic rings. The van der Waals surface area contributed by atoms with E-state index < -0.39 is 17.9 Å². The van der Waals surface area contributed by atoms with E-state index in [0.717, 1.165) is 6.42 Å². The van der Waals surface area contributed by atoms with Crippen LogP contribution in [-0.2, 0) is 16.1 Å². The number of nitrogens with one attached hydrogen (secondary N) is 1. The van der Waals surface area contributed by atoms with Crippen LogP contribution in [0.3, 0.4) is 0 Å². The summed E-state index contributed by atoms with van der Waals surface area (Å²) in [4.78, 5) is 70.6. The van der Waals surface area contributed by atoms with E-state index in [1.165, 1.54) is 23.7 Å². The summed E-state index contributed by atoms with van der Waals surface area (Å²) < 4.78 is 1.83. The van der Waals surface area contributed by atoms with Gasteiger partial charge in [-0.05, 0) is 66.2 Å². The van der Waals surface area contributed by atoms with Crippen molar-refractivity contribution in [2.24, 2.45) is 5.41 Å². The Hall–Kier alpha value is -4.59. The molecule has 0 spiro atoms. The Bertz CT molecular complexity index is 1860. The Morgan fingerprint density at radius 3 is 2.51 bits per heavy atom. The van der Waals surface area contributed by atoms with E-state index in [4.69, 9.17) is 4.98 Å². The Labute approximate surface area is 253 Å². The molecule has 2 fully saturated rings. The smallest absolute Gasteiger partial charge is 0.339 e. The summed E-state index contributed by atoms with van der Waals surface area (Å²) in [6.07, 6.45) is 4.49. The number of carbonyl (C=O) groups excluding carboxylic acids is 3. The van der Waals surface area contributed by atoms with Crippen molar-refractivity contribution < 1.29 is 24.3 Å². The SMILES string of the molecule is CC(=O)c1nn(CC(=O)N2[C@H](C(=O)Nc3nc(Br)ccc3C(=O)O)C[C@@]3(C)C[C@@H]23)c2c(C)nc(-c3cnc(C)nc3)cc12. The second kappa shape index (κ2) is 10.3. The molecule has 6 rings (SSSR count). The lowest BCUT2D eigenvalue weighted by Gasteiger charge is -2.27. The van der Waals surface area contributed by atoms with Gasteiger partial charge in [-0.15, -0.1) is 0 Å². The minimum absolute atomic E-state index is 0.106. The minimum atomic E-state index is -1.24. The van der Waals surface area contributed by atoms with E-state index in [1.807, 2.05) is 6.92 Å². The number of nitrogens with zero attached hydrogens (tertiary/aromatic N) is 7. The number of ketones is 1. The van der Waals surface area contributed by atoms with Crippen LogP contribution < -0.4 is 5.32 Å². The number of aromatic nitrogens is 6. The maximum absolute atomic E-state index is 13.9. The van der Waals surface area contributed by atoms with E-state index >= 15 is 0 Å². The van der Waals surface area contributed by atoms with Crippen molar-refractivity contribution in [3.05, 3.63) is 58.0 Å². The molecule has 0 unspecified atom stereocenters.